The van der Waals surface area contributed by atoms with Crippen LogP contribution in [-0.4, -0.2) is 49.4 Å². The van der Waals surface area contributed by atoms with E-state index in [1.54, 1.807) is 6.07 Å². The first kappa shape index (κ1) is 22.6. The largest absolute Gasteiger partial charge is 0.369 e. The topological polar surface area (TPSA) is 64.7 Å². The van der Waals surface area contributed by atoms with Crippen molar-refractivity contribution in [2.24, 2.45) is 0 Å². The number of hydrazine groups is 1. The molecule has 0 atom stereocenters. The van der Waals surface area contributed by atoms with Crippen molar-refractivity contribution >= 4 is 17.5 Å². The van der Waals surface area contributed by atoms with E-state index in [4.69, 9.17) is 0 Å². The highest BCUT2D eigenvalue weighted by molar-refractivity contribution is 5.96. The molecule has 0 saturated carbocycles. The number of rotatable bonds is 7. The molecule has 2 N–H and O–H groups in total. The van der Waals surface area contributed by atoms with Crippen LogP contribution in [0.4, 0.5) is 5.69 Å². The monoisotopic (exact) mass is 442 g/mol. The fourth-order valence-electron chi connectivity index (χ4n) is 4.10. The number of nitrogens with zero attached hydrogens (tertiary/aromatic N) is 2. The van der Waals surface area contributed by atoms with Crippen LogP contribution in [0.5, 0.6) is 0 Å². The molecule has 33 heavy (non-hydrogen) atoms. The molecule has 0 bridgehead atoms. The van der Waals surface area contributed by atoms with Gasteiger partial charge < -0.3 is 4.90 Å². The van der Waals surface area contributed by atoms with E-state index in [1.165, 1.54) is 5.69 Å². The summed E-state index contributed by atoms with van der Waals surface area (Å²) in [5, 5.41) is 0. The Labute approximate surface area is 195 Å². The van der Waals surface area contributed by atoms with Crippen molar-refractivity contribution in [2.45, 2.75) is 12.8 Å². The number of piperazine rings is 1. The second-order valence-electron chi connectivity index (χ2n) is 8.24. The Morgan fingerprint density at radius 1 is 0.727 bits per heavy atom. The summed E-state index contributed by atoms with van der Waals surface area (Å²) in [6, 6.07) is 27.9. The minimum atomic E-state index is -0.300. The van der Waals surface area contributed by atoms with Gasteiger partial charge in [0.05, 0.1) is 0 Å². The van der Waals surface area contributed by atoms with Crippen LogP contribution >= 0.6 is 0 Å². The zero-order valence-corrected chi connectivity index (χ0v) is 18.7. The lowest BCUT2D eigenvalue weighted by Gasteiger charge is -2.36. The van der Waals surface area contributed by atoms with Gasteiger partial charge in [-0.2, -0.15) is 0 Å². The summed E-state index contributed by atoms with van der Waals surface area (Å²) in [5.74, 6) is -0.485. The molecule has 3 aromatic rings. The number of amides is 2. The average Bonchev–Trinajstić information content (AvgIpc) is 2.88. The van der Waals surface area contributed by atoms with Gasteiger partial charge in [-0.3, -0.25) is 25.3 Å². The molecule has 0 aromatic heterocycles. The van der Waals surface area contributed by atoms with Crippen molar-refractivity contribution in [1.29, 1.82) is 0 Å². The smallest absolute Gasteiger partial charge is 0.269 e. The third-order valence-electron chi connectivity index (χ3n) is 5.96. The van der Waals surface area contributed by atoms with E-state index in [9.17, 15) is 9.59 Å². The average molecular weight is 443 g/mol. The molecule has 1 aliphatic heterocycles. The SMILES string of the molecule is O=C(CCN1CCN(c2ccccc2)CC1)NNC(=O)c1ccccc1Cc1ccccc1. The molecule has 170 valence electrons. The summed E-state index contributed by atoms with van der Waals surface area (Å²) in [7, 11) is 0. The molecule has 0 aliphatic carbocycles. The van der Waals surface area contributed by atoms with Crippen LogP contribution in [0.2, 0.25) is 0 Å². The maximum Gasteiger partial charge on any atom is 0.269 e. The third-order valence-corrected chi connectivity index (χ3v) is 5.96. The predicted octanol–water partition coefficient (Wildman–Crippen LogP) is 3.25. The van der Waals surface area contributed by atoms with Gasteiger partial charge in [-0.1, -0.05) is 66.7 Å². The minimum Gasteiger partial charge on any atom is -0.369 e. The van der Waals surface area contributed by atoms with Crippen LogP contribution in [0.15, 0.2) is 84.9 Å². The second kappa shape index (κ2) is 11.3. The van der Waals surface area contributed by atoms with E-state index in [1.807, 2.05) is 54.6 Å². The van der Waals surface area contributed by atoms with Crippen LogP contribution in [0, 0.1) is 0 Å². The Hall–Kier alpha value is -3.64. The van der Waals surface area contributed by atoms with Crippen LogP contribution < -0.4 is 15.8 Å². The Morgan fingerprint density at radius 3 is 2.09 bits per heavy atom. The molecule has 3 aromatic carbocycles. The second-order valence-corrected chi connectivity index (χ2v) is 8.24. The lowest BCUT2D eigenvalue weighted by Crippen LogP contribution is -2.48. The number of carbonyl (C=O) groups excluding carboxylic acids is 2. The first-order chi connectivity index (χ1) is 16.2. The zero-order chi connectivity index (χ0) is 22.9. The maximum atomic E-state index is 12.7. The summed E-state index contributed by atoms with van der Waals surface area (Å²) < 4.78 is 0. The molecule has 1 saturated heterocycles. The van der Waals surface area contributed by atoms with Gasteiger partial charge in [-0.25, -0.2) is 0 Å². The lowest BCUT2D eigenvalue weighted by atomic mass is 9.99. The number of para-hydroxylation sites is 1. The Morgan fingerprint density at radius 2 is 1.36 bits per heavy atom. The van der Waals surface area contributed by atoms with Gasteiger partial charge in [0.2, 0.25) is 5.91 Å². The molecular formula is C27H30N4O2. The first-order valence-corrected chi connectivity index (χ1v) is 11.4. The van der Waals surface area contributed by atoms with Gasteiger partial charge in [-0.15, -0.1) is 0 Å². The van der Waals surface area contributed by atoms with Crippen LogP contribution in [-0.2, 0) is 11.2 Å². The summed E-state index contributed by atoms with van der Waals surface area (Å²) in [5.41, 5.74) is 9.01. The number of carbonyl (C=O) groups is 2. The van der Waals surface area contributed by atoms with Crippen molar-refractivity contribution < 1.29 is 9.59 Å². The highest BCUT2D eigenvalue weighted by Crippen LogP contribution is 2.16. The van der Waals surface area contributed by atoms with E-state index in [0.29, 0.717) is 24.9 Å². The fourth-order valence-corrected chi connectivity index (χ4v) is 4.10. The van der Waals surface area contributed by atoms with Crippen molar-refractivity contribution in [1.82, 2.24) is 15.8 Å². The normalized spacial score (nSPS) is 14.0. The highest BCUT2D eigenvalue weighted by Gasteiger charge is 2.18. The van der Waals surface area contributed by atoms with Crippen molar-refractivity contribution in [3.63, 3.8) is 0 Å². The predicted molar refractivity (Wildman–Crippen MR) is 131 cm³/mol. The first-order valence-electron chi connectivity index (χ1n) is 11.4. The fraction of sp³-hybridized carbons (Fsp3) is 0.259. The van der Waals surface area contributed by atoms with Crippen molar-refractivity contribution in [3.8, 4) is 0 Å². The molecule has 1 aliphatic rings. The molecule has 4 rings (SSSR count). The summed E-state index contributed by atoms with van der Waals surface area (Å²) in [6.07, 6.45) is 1.00. The van der Waals surface area contributed by atoms with Crippen LogP contribution in [0.3, 0.4) is 0 Å². The molecule has 1 heterocycles. The Balaban J connectivity index is 1.21. The molecule has 0 radical (unpaired) electrons. The molecule has 6 heteroatoms. The van der Waals surface area contributed by atoms with Gasteiger partial charge in [0.25, 0.3) is 5.91 Å². The lowest BCUT2D eigenvalue weighted by molar-refractivity contribution is -0.122. The van der Waals surface area contributed by atoms with Crippen LogP contribution in [0.1, 0.15) is 27.9 Å². The molecule has 0 unspecified atom stereocenters. The van der Waals surface area contributed by atoms with E-state index in [2.05, 4.69) is 44.9 Å². The summed E-state index contributed by atoms with van der Waals surface area (Å²) in [6.45, 7) is 4.40. The molecule has 2 amide bonds. The van der Waals surface area contributed by atoms with Gasteiger partial charge >= 0.3 is 0 Å². The molecular weight excluding hydrogens is 412 g/mol. The molecule has 1 fully saturated rings. The number of hydrogen-bond acceptors (Lipinski definition) is 4. The summed E-state index contributed by atoms with van der Waals surface area (Å²) >= 11 is 0. The Bertz CT molecular complexity index is 1050. The number of benzene rings is 3. The minimum absolute atomic E-state index is 0.186. The van der Waals surface area contributed by atoms with Crippen molar-refractivity contribution in [2.75, 3.05) is 37.6 Å². The zero-order valence-electron chi connectivity index (χ0n) is 18.7. The quantitative estimate of drug-likeness (QED) is 0.552. The van der Waals surface area contributed by atoms with Crippen molar-refractivity contribution in [3.05, 3.63) is 102 Å². The van der Waals surface area contributed by atoms with E-state index in [0.717, 1.165) is 37.3 Å². The highest BCUT2D eigenvalue weighted by atomic mass is 16.2. The maximum absolute atomic E-state index is 12.7. The number of anilines is 1. The Kier molecular flexibility index (Phi) is 7.72. The van der Waals surface area contributed by atoms with E-state index >= 15 is 0 Å². The van der Waals surface area contributed by atoms with Gasteiger partial charge in [0.1, 0.15) is 0 Å². The molecule has 0 spiro atoms. The third kappa shape index (κ3) is 6.43. The standard InChI is InChI=1S/C27H30N4O2/c32-26(15-16-30-17-19-31(20-18-30)24-12-5-2-6-13-24)28-29-27(33)25-14-8-7-11-23(25)21-22-9-3-1-4-10-22/h1-14H,15-21H2,(H,28,32)(H,29,33). The number of nitrogens with one attached hydrogen (secondary N) is 2. The van der Waals surface area contributed by atoms with Gasteiger partial charge in [-0.05, 0) is 35.7 Å². The van der Waals surface area contributed by atoms with Gasteiger partial charge in [0, 0.05) is 50.4 Å². The number of hydrogen-bond donors (Lipinski definition) is 2. The van der Waals surface area contributed by atoms with Gasteiger partial charge in [0.15, 0.2) is 0 Å². The molecule has 6 nitrogen and oxygen atoms in total. The summed E-state index contributed by atoms with van der Waals surface area (Å²) in [4.78, 5) is 29.7. The van der Waals surface area contributed by atoms with E-state index in [-0.39, 0.29) is 11.8 Å². The van der Waals surface area contributed by atoms with E-state index < -0.39 is 0 Å². The van der Waals surface area contributed by atoms with Crippen LogP contribution in [0.25, 0.3) is 0 Å².